The number of hydrogen-bond acceptors (Lipinski definition) is 2. The van der Waals surface area contributed by atoms with Crippen molar-refractivity contribution < 1.29 is 5.11 Å². The van der Waals surface area contributed by atoms with Crippen LogP contribution >= 0.6 is 0 Å². The van der Waals surface area contributed by atoms with Crippen LogP contribution in [0, 0.1) is 0 Å². The second kappa shape index (κ2) is 3.90. The van der Waals surface area contributed by atoms with Crippen LogP contribution in [0.25, 0.3) is 0 Å². The topological polar surface area (TPSA) is 32.3 Å². The molecule has 0 amide bonds. The zero-order valence-electron chi connectivity index (χ0n) is 7.61. The summed E-state index contributed by atoms with van der Waals surface area (Å²) >= 11 is 0. The predicted molar refractivity (Wildman–Crippen MR) is 52.4 cm³/mol. The normalized spacial score (nSPS) is 28.7. The summed E-state index contributed by atoms with van der Waals surface area (Å²) in [4.78, 5) is 0. The molecule has 1 heterocycles. The molecule has 0 aliphatic carbocycles. The monoisotopic (exact) mass is 177 g/mol. The van der Waals surface area contributed by atoms with Crippen molar-refractivity contribution in [3.63, 3.8) is 0 Å². The second-order valence-corrected chi connectivity index (χ2v) is 3.60. The zero-order chi connectivity index (χ0) is 9.10. The summed E-state index contributed by atoms with van der Waals surface area (Å²) in [5.74, 6) is 0. The average molecular weight is 177 g/mol. The van der Waals surface area contributed by atoms with Gasteiger partial charge in [-0.15, -0.1) is 0 Å². The van der Waals surface area contributed by atoms with Crippen molar-refractivity contribution in [1.82, 2.24) is 5.32 Å². The molecule has 0 radical (unpaired) electrons. The molecule has 0 aromatic heterocycles. The third-order valence-electron chi connectivity index (χ3n) is 2.58. The van der Waals surface area contributed by atoms with E-state index in [1.165, 1.54) is 5.56 Å². The lowest BCUT2D eigenvalue weighted by molar-refractivity contribution is 0.117. The Bertz CT molecular complexity index is 260. The Morgan fingerprint density at radius 2 is 2.00 bits per heavy atom. The van der Waals surface area contributed by atoms with Crippen LogP contribution in [0.2, 0.25) is 0 Å². The van der Waals surface area contributed by atoms with Gasteiger partial charge in [0.05, 0.1) is 6.10 Å². The first-order chi connectivity index (χ1) is 6.36. The van der Waals surface area contributed by atoms with Gasteiger partial charge in [-0.3, -0.25) is 0 Å². The van der Waals surface area contributed by atoms with Gasteiger partial charge in [-0.25, -0.2) is 0 Å². The molecule has 0 saturated carbocycles. The number of hydrogen-bond donors (Lipinski definition) is 2. The molecule has 2 N–H and O–H groups in total. The third kappa shape index (κ3) is 2.08. The van der Waals surface area contributed by atoms with E-state index in [9.17, 15) is 5.11 Å². The molecule has 0 bridgehead atoms. The smallest absolute Gasteiger partial charge is 0.0570 e. The van der Waals surface area contributed by atoms with Gasteiger partial charge in [0.2, 0.25) is 0 Å². The van der Waals surface area contributed by atoms with Gasteiger partial charge in [0.15, 0.2) is 0 Å². The minimum Gasteiger partial charge on any atom is -0.393 e. The molecule has 13 heavy (non-hydrogen) atoms. The Hall–Kier alpha value is -0.860. The van der Waals surface area contributed by atoms with Crippen molar-refractivity contribution in [3.05, 3.63) is 35.9 Å². The molecule has 0 unspecified atom stereocenters. The molecular formula is C11H15NO. The Balaban J connectivity index is 2.08. The first-order valence-electron chi connectivity index (χ1n) is 4.82. The van der Waals surface area contributed by atoms with Crippen molar-refractivity contribution >= 4 is 0 Å². The molecular weight excluding hydrogens is 162 g/mol. The zero-order valence-corrected chi connectivity index (χ0v) is 7.61. The molecule has 2 heteroatoms. The minimum atomic E-state index is -0.133. The maximum absolute atomic E-state index is 9.50. The van der Waals surface area contributed by atoms with Gasteiger partial charge in [0, 0.05) is 6.04 Å². The molecule has 1 aliphatic rings. The van der Waals surface area contributed by atoms with E-state index in [4.69, 9.17) is 0 Å². The number of aliphatic hydroxyl groups is 1. The molecule has 1 aromatic carbocycles. The van der Waals surface area contributed by atoms with E-state index < -0.39 is 0 Å². The highest BCUT2D eigenvalue weighted by Crippen LogP contribution is 2.22. The number of benzene rings is 1. The molecule has 0 spiro atoms. The van der Waals surface area contributed by atoms with E-state index in [1.54, 1.807) is 0 Å². The van der Waals surface area contributed by atoms with E-state index in [2.05, 4.69) is 17.4 Å². The van der Waals surface area contributed by atoms with Crippen LogP contribution in [0.1, 0.15) is 24.4 Å². The van der Waals surface area contributed by atoms with Crippen molar-refractivity contribution in [3.8, 4) is 0 Å². The van der Waals surface area contributed by atoms with Gasteiger partial charge in [0.25, 0.3) is 0 Å². The fourth-order valence-electron chi connectivity index (χ4n) is 1.84. The van der Waals surface area contributed by atoms with Crippen LogP contribution < -0.4 is 5.32 Å². The summed E-state index contributed by atoms with van der Waals surface area (Å²) in [7, 11) is 0. The quantitative estimate of drug-likeness (QED) is 0.681. The molecule has 1 saturated heterocycles. The first-order valence-corrected chi connectivity index (χ1v) is 4.82. The Labute approximate surface area is 78.6 Å². The molecule has 1 aliphatic heterocycles. The van der Waals surface area contributed by atoms with Crippen molar-refractivity contribution in [2.75, 3.05) is 6.54 Å². The maximum atomic E-state index is 9.50. The molecule has 1 aromatic rings. The lowest BCUT2D eigenvalue weighted by Crippen LogP contribution is -2.34. The summed E-state index contributed by atoms with van der Waals surface area (Å²) < 4.78 is 0. The van der Waals surface area contributed by atoms with Gasteiger partial charge >= 0.3 is 0 Å². The molecule has 1 fully saturated rings. The predicted octanol–water partition coefficient (Wildman–Crippen LogP) is 1.47. The Kier molecular flexibility index (Phi) is 2.62. The van der Waals surface area contributed by atoms with Gasteiger partial charge in [-0.2, -0.15) is 0 Å². The second-order valence-electron chi connectivity index (χ2n) is 3.60. The first kappa shape index (κ1) is 8.73. The minimum absolute atomic E-state index is 0.133. The highest BCUT2D eigenvalue weighted by atomic mass is 16.3. The van der Waals surface area contributed by atoms with E-state index in [0.29, 0.717) is 6.04 Å². The summed E-state index contributed by atoms with van der Waals surface area (Å²) in [5, 5.41) is 12.9. The van der Waals surface area contributed by atoms with Crippen LogP contribution in [-0.4, -0.2) is 17.8 Å². The number of nitrogens with one attached hydrogen (secondary N) is 1. The van der Waals surface area contributed by atoms with E-state index >= 15 is 0 Å². The van der Waals surface area contributed by atoms with E-state index in [-0.39, 0.29) is 6.10 Å². The van der Waals surface area contributed by atoms with Crippen LogP contribution in [-0.2, 0) is 0 Å². The van der Waals surface area contributed by atoms with Crippen LogP contribution in [0.5, 0.6) is 0 Å². The lowest BCUT2D eigenvalue weighted by Gasteiger charge is -2.27. The highest BCUT2D eigenvalue weighted by Gasteiger charge is 2.20. The van der Waals surface area contributed by atoms with Crippen molar-refractivity contribution in [1.29, 1.82) is 0 Å². The number of piperidine rings is 1. The van der Waals surface area contributed by atoms with Crippen LogP contribution in [0.3, 0.4) is 0 Å². The molecule has 70 valence electrons. The third-order valence-corrected chi connectivity index (χ3v) is 2.58. The maximum Gasteiger partial charge on any atom is 0.0570 e. The average Bonchev–Trinajstić information content (AvgIpc) is 2.19. The lowest BCUT2D eigenvalue weighted by atomic mass is 9.96. The fraction of sp³-hybridized carbons (Fsp3) is 0.455. The fourth-order valence-corrected chi connectivity index (χ4v) is 1.84. The Morgan fingerprint density at radius 1 is 1.23 bits per heavy atom. The molecule has 2 rings (SSSR count). The van der Waals surface area contributed by atoms with Gasteiger partial charge in [-0.05, 0) is 24.9 Å². The summed E-state index contributed by atoms with van der Waals surface area (Å²) in [6.45, 7) is 0.917. The highest BCUT2D eigenvalue weighted by molar-refractivity contribution is 5.19. The SMILES string of the molecule is O[C@H]1CCN[C@@H](c2ccccc2)C1. The number of aliphatic hydroxyl groups excluding tert-OH is 1. The van der Waals surface area contributed by atoms with Gasteiger partial charge in [-0.1, -0.05) is 30.3 Å². The van der Waals surface area contributed by atoms with Crippen molar-refractivity contribution in [2.24, 2.45) is 0 Å². The van der Waals surface area contributed by atoms with E-state index in [0.717, 1.165) is 19.4 Å². The Morgan fingerprint density at radius 3 is 2.69 bits per heavy atom. The largest absolute Gasteiger partial charge is 0.393 e. The molecule has 2 nitrogen and oxygen atoms in total. The van der Waals surface area contributed by atoms with E-state index in [1.807, 2.05) is 18.2 Å². The van der Waals surface area contributed by atoms with Gasteiger partial charge in [0.1, 0.15) is 0 Å². The number of rotatable bonds is 1. The molecule has 2 atom stereocenters. The summed E-state index contributed by atoms with van der Waals surface area (Å²) in [6, 6.07) is 10.6. The summed E-state index contributed by atoms with van der Waals surface area (Å²) in [6.07, 6.45) is 1.58. The van der Waals surface area contributed by atoms with Gasteiger partial charge < -0.3 is 10.4 Å². The van der Waals surface area contributed by atoms with Crippen molar-refractivity contribution in [2.45, 2.75) is 25.0 Å². The summed E-state index contributed by atoms with van der Waals surface area (Å²) in [5.41, 5.74) is 1.28. The van der Waals surface area contributed by atoms with Crippen LogP contribution in [0.4, 0.5) is 0 Å². The van der Waals surface area contributed by atoms with Crippen LogP contribution in [0.15, 0.2) is 30.3 Å². The standard InChI is InChI=1S/C11H15NO/c13-10-6-7-12-11(8-10)9-4-2-1-3-5-9/h1-5,10-13H,6-8H2/t10-,11+/m0/s1.